The minimum Gasteiger partial charge on any atom is -0.462 e. The van der Waals surface area contributed by atoms with Crippen molar-refractivity contribution < 1.29 is 9.53 Å². The van der Waals surface area contributed by atoms with Gasteiger partial charge in [-0.1, -0.05) is 20.3 Å². The molecule has 0 amide bonds. The zero-order valence-electron chi connectivity index (χ0n) is 11.3. The number of carbonyl (C=O) groups is 1. The Morgan fingerprint density at radius 1 is 1.29 bits per heavy atom. The summed E-state index contributed by atoms with van der Waals surface area (Å²) >= 11 is 0. The average molecular weight is 241 g/mol. The Hall–Kier alpha value is -0.570. The largest absolute Gasteiger partial charge is 0.462 e. The Morgan fingerprint density at radius 3 is 2.47 bits per heavy atom. The van der Waals surface area contributed by atoms with Crippen LogP contribution in [0.3, 0.4) is 0 Å². The zero-order chi connectivity index (χ0) is 12.7. The van der Waals surface area contributed by atoms with E-state index >= 15 is 0 Å². The summed E-state index contributed by atoms with van der Waals surface area (Å²) in [4.78, 5) is 11.8. The summed E-state index contributed by atoms with van der Waals surface area (Å²) in [5.74, 6) is 0.824. The van der Waals surface area contributed by atoms with Crippen LogP contribution in [0.25, 0.3) is 0 Å². The van der Waals surface area contributed by atoms with Gasteiger partial charge in [-0.3, -0.25) is 4.79 Å². The summed E-state index contributed by atoms with van der Waals surface area (Å²) in [6.45, 7) is 4.90. The fourth-order valence-corrected chi connectivity index (χ4v) is 2.58. The van der Waals surface area contributed by atoms with Crippen LogP contribution in [0.1, 0.15) is 58.8 Å². The molecule has 3 nitrogen and oxygen atoms in total. The van der Waals surface area contributed by atoms with E-state index in [4.69, 9.17) is 10.5 Å². The molecule has 0 saturated heterocycles. The molecular formula is C14H27NO2. The molecule has 1 rings (SSSR count). The van der Waals surface area contributed by atoms with Crippen molar-refractivity contribution in [3.8, 4) is 0 Å². The Morgan fingerprint density at radius 2 is 1.94 bits per heavy atom. The van der Waals surface area contributed by atoms with E-state index in [1.54, 1.807) is 0 Å². The van der Waals surface area contributed by atoms with Crippen LogP contribution >= 0.6 is 0 Å². The number of ether oxygens (including phenoxy) is 1. The molecule has 0 aliphatic heterocycles. The van der Waals surface area contributed by atoms with Crippen LogP contribution < -0.4 is 5.73 Å². The summed E-state index contributed by atoms with van der Waals surface area (Å²) in [6, 6.07) is 0. The molecule has 17 heavy (non-hydrogen) atoms. The van der Waals surface area contributed by atoms with Crippen LogP contribution in [0, 0.1) is 11.8 Å². The van der Waals surface area contributed by atoms with Gasteiger partial charge < -0.3 is 10.5 Å². The molecule has 1 fully saturated rings. The molecule has 1 aliphatic carbocycles. The molecule has 2 N–H and O–H groups in total. The van der Waals surface area contributed by atoms with Gasteiger partial charge in [-0.25, -0.2) is 0 Å². The molecule has 0 aromatic rings. The third kappa shape index (κ3) is 6.06. The summed E-state index contributed by atoms with van der Waals surface area (Å²) < 4.78 is 5.51. The molecule has 1 aliphatic rings. The van der Waals surface area contributed by atoms with Gasteiger partial charge in [0, 0.05) is 6.42 Å². The molecule has 0 aromatic carbocycles. The highest BCUT2D eigenvalue weighted by molar-refractivity contribution is 5.69. The zero-order valence-corrected chi connectivity index (χ0v) is 11.3. The molecular weight excluding hydrogens is 214 g/mol. The second kappa shape index (κ2) is 7.70. The third-order valence-electron chi connectivity index (χ3n) is 3.44. The Balaban J connectivity index is 2.26. The van der Waals surface area contributed by atoms with Crippen molar-refractivity contribution >= 4 is 5.97 Å². The molecule has 1 saturated carbocycles. The highest BCUT2D eigenvalue weighted by Gasteiger charge is 2.20. The van der Waals surface area contributed by atoms with E-state index in [1.165, 1.54) is 19.3 Å². The normalized spacial score (nSPS) is 19.3. The standard InChI is InChI=1S/C14H27NO2/c1-11(2)8-12(10-15)9-14(16)17-13-6-4-3-5-7-13/h11-13H,3-10,15H2,1-2H3. The lowest BCUT2D eigenvalue weighted by Gasteiger charge is -2.23. The van der Waals surface area contributed by atoms with Crippen molar-refractivity contribution in [3.05, 3.63) is 0 Å². The molecule has 0 spiro atoms. The highest BCUT2D eigenvalue weighted by atomic mass is 16.5. The quantitative estimate of drug-likeness (QED) is 0.727. The number of esters is 1. The first kappa shape index (κ1) is 14.5. The van der Waals surface area contributed by atoms with Crippen molar-refractivity contribution in [2.24, 2.45) is 17.6 Å². The number of hydrogen-bond acceptors (Lipinski definition) is 3. The molecule has 1 atom stereocenters. The lowest BCUT2D eigenvalue weighted by molar-refractivity contribution is -0.151. The first-order valence-electron chi connectivity index (χ1n) is 7.01. The Kier molecular flexibility index (Phi) is 6.56. The Bertz CT molecular complexity index is 222. The van der Waals surface area contributed by atoms with Gasteiger partial charge in [0.2, 0.25) is 0 Å². The minimum absolute atomic E-state index is 0.0481. The van der Waals surface area contributed by atoms with Crippen molar-refractivity contribution in [1.82, 2.24) is 0 Å². The second-order valence-electron chi connectivity index (χ2n) is 5.69. The van der Waals surface area contributed by atoms with Crippen molar-refractivity contribution in [3.63, 3.8) is 0 Å². The average Bonchev–Trinajstić information content (AvgIpc) is 2.28. The van der Waals surface area contributed by atoms with Gasteiger partial charge in [0.25, 0.3) is 0 Å². The lowest BCUT2D eigenvalue weighted by Crippen LogP contribution is -2.25. The fraction of sp³-hybridized carbons (Fsp3) is 0.929. The fourth-order valence-electron chi connectivity index (χ4n) is 2.58. The molecule has 100 valence electrons. The van der Waals surface area contributed by atoms with Crippen molar-refractivity contribution in [2.45, 2.75) is 64.9 Å². The van der Waals surface area contributed by atoms with Crippen molar-refractivity contribution in [1.29, 1.82) is 0 Å². The molecule has 1 unspecified atom stereocenters. The third-order valence-corrected chi connectivity index (χ3v) is 3.44. The maximum Gasteiger partial charge on any atom is 0.306 e. The molecule has 0 bridgehead atoms. The van der Waals surface area contributed by atoms with Crippen LogP contribution in [0.5, 0.6) is 0 Å². The van der Waals surface area contributed by atoms with E-state index in [-0.39, 0.29) is 18.0 Å². The van der Waals surface area contributed by atoms with Gasteiger partial charge in [0.15, 0.2) is 0 Å². The van der Waals surface area contributed by atoms with Gasteiger partial charge in [-0.2, -0.15) is 0 Å². The van der Waals surface area contributed by atoms with Crippen molar-refractivity contribution in [2.75, 3.05) is 6.54 Å². The minimum atomic E-state index is -0.0481. The number of nitrogens with two attached hydrogens (primary N) is 1. The number of rotatable bonds is 6. The topological polar surface area (TPSA) is 52.3 Å². The molecule has 0 aromatic heterocycles. The first-order chi connectivity index (χ1) is 8.11. The molecule has 0 radical (unpaired) electrons. The van der Waals surface area contributed by atoms with E-state index in [9.17, 15) is 4.79 Å². The van der Waals surface area contributed by atoms with E-state index in [1.807, 2.05) is 0 Å². The van der Waals surface area contributed by atoms with E-state index in [0.717, 1.165) is 19.3 Å². The predicted molar refractivity (Wildman–Crippen MR) is 69.6 cm³/mol. The predicted octanol–water partition coefficient (Wildman–Crippen LogP) is 2.87. The smallest absolute Gasteiger partial charge is 0.306 e. The van der Waals surface area contributed by atoms with Gasteiger partial charge in [-0.15, -0.1) is 0 Å². The summed E-state index contributed by atoms with van der Waals surface area (Å²) in [6.07, 6.45) is 7.45. The maximum absolute atomic E-state index is 11.8. The molecule has 0 heterocycles. The van der Waals surface area contributed by atoms with E-state index in [2.05, 4.69) is 13.8 Å². The first-order valence-corrected chi connectivity index (χ1v) is 7.01. The van der Waals surface area contributed by atoms with Gasteiger partial charge in [-0.05, 0) is 50.5 Å². The van der Waals surface area contributed by atoms with Crippen LogP contribution in [-0.4, -0.2) is 18.6 Å². The maximum atomic E-state index is 11.8. The second-order valence-corrected chi connectivity index (χ2v) is 5.69. The van der Waals surface area contributed by atoms with Crippen LogP contribution in [0.2, 0.25) is 0 Å². The highest BCUT2D eigenvalue weighted by Crippen LogP contribution is 2.22. The van der Waals surface area contributed by atoms with Crippen LogP contribution in [0.4, 0.5) is 0 Å². The summed E-state index contributed by atoms with van der Waals surface area (Å²) in [5, 5.41) is 0. The van der Waals surface area contributed by atoms with Gasteiger partial charge in [0.05, 0.1) is 0 Å². The van der Waals surface area contributed by atoms with Crippen LogP contribution in [0.15, 0.2) is 0 Å². The summed E-state index contributed by atoms with van der Waals surface area (Å²) in [7, 11) is 0. The number of carbonyl (C=O) groups excluding carboxylic acids is 1. The monoisotopic (exact) mass is 241 g/mol. The van der Waals surface area contributed by atoms with Crippen LogP contribution in [-0.2, 0) is 9.53 Å². The van der Waals surface area contributed by atoms with Gasteiger partial charge in [0.1, 0.15) is 6.10 Å². The van der Waals surface area contributed by atoms with E-state index < -0.39 is 0 Å². The van der Waals surface area contributed by atoms with E-state index in [0.29, 0.717) is 18.9 Å². The Labute approximate surface area is 105 Å². The SMILES string of the molecule is CC(C)CC(CN)CC(=O)OC1CCCCC1. The molecule has 3 heteroatoms. The summed E-state index contributed by atoms with van der Waals surface area (Å²) in [5.41, 5.74) is 5.69. The number of hydrogen-bond donors (Lipinski definition) is 1. The van der Waals surface area contributed by atoms with Gasteiger partial charge >= 0.3 is 5.97 Å². The lowest BCUT2D eigenvalue weighted by atomic mass is 9.94.